The Bertz CT molecular complexity index is 1630. The number of rotatable bonds is 12. The fourth-order valence-electron chi connectivity index (χ4n) is 4.93. The Balaban J connectivity index is 0.00000250. The largest absolute Gasteiger partial charge is 1.00 e. The number of benzene rings is 2. The molecule has 0 fully saturated rings. The number of carbonyl (C=O) groups is 4. The summed E-state index contributed by atoms with van der Waals surface area (Å²) in [5.41, 5.74) is 3.11. The molecule has 0 N–H and O–H groups in total. The van der Waals surface area contributed by atoms with Crippen molar-refractivity contribution >= 4 is 36.1 Å². The molecular weight excluding hydrogens is 736 g/mol. The highest BCUT2D eigenvalue weighted by Gasteiger charge is 2.36. The molecule has 4 aromatic rings. The second-order valence-corrected chi connectivity index (χ2v) is 10.2. The zero-order valence-electron chi connectivity index (χ0n) is 24.8. The minimum Gasteiger partial charge on any atom is -1.00 e. The van der Waals surface area contributed by atoms with Gasteiger partial charge in [-0.15, -0.1) is 0 Å². The van der Waals surface area contributed by atoms with E-state index in [4.69, 9.17) is 9.68 Å². The molecule has 2 aromatic heterocycles. The zero-order chi connectivity index (χ0) is 31.2. The van der Waals surface area contributed by atoms with Gasteiger partial charge < -0.3 is 43.6 Å². The predicted molar refractivity (Wildman–Crippen MR) is 159 cm³/mol. The van der Waals surface area contributed by atoms with Gasteiger partial charge in [0.25, 0.3) is 23.6 Å². The highest BCUT2D eigenvalue weighted by molar-refractivity contribution is 6.21. The molecule has 6 rings (SSSR count). The number of oxime groups is 2. The Labute approximate surface area is 291 Å². The molecule has 0 aliphatic carbocycles. The van der Waals surface area contributed by atoms with Gasteiger partial charge in [0.2, 0.25) is 0 Å². The third-order valence-electron chi connectivity index (χ3n) is 7.35. The first-order valence-electron chi connectivity index (χ1n) is 14.2. The second kappa shape index (κ2) is 16.0. The van der Waals surface area contributed by atoms with Crippen LogP contribution in [0.1, 0.15) is 59.0 Å². The van der Waals surface area contributed by atoms with E-state index in [0.717, 1.165) is 40.4 Å². The number of aryl methyl sites for hydroxylation is 2. The lowest BCUT2D eigenvalue weighted by molar-refractivity contribution is -0.726. The van der Waals surface area contributed by atoms with Gasteiger partial charge >= 0.3 is 0 Å². The van der Waals surface area contributed by atoms with Gasteiger partial charge in [0.05, 0.1) is 41.1 Å². The number of imide groups is 2. The fraction of sp³-hybridized carbons (Fsp3) is 0.152. The van der Waals surface area contributed by atoms with Gasteiger partial charge in [0.1, 0.15) is 0 Å². The van der Waals surface area contributed by atoms with Gasteiger partial charge in [-0.1, -0.05) is 34.6 Å². The molecule has 0 atom stereocenters. The van der Waals surface area contributed by atoms with Gasteiger partial charge in [0.15, 0.2) is 51.3 Å². The number of carbonyl (C=O) groups excluding carboxylic acids is 4. The van der Waals surface area contributed by atoms with E-state index < -0.39 is 0 Å². The Kier molecular flexibility index (Phi) is 11.8. The predicted octanol–water partition coefficient (Wildman–Crippen LogP) is -3.43. The smallest absolute Gasteiger partial charge is 0.264 e. The van der Waals surface area contributed by atoms with E-state index in [-0.39, 0.29) is 71.1 Å². The van der Waals surface area contributed by atoms with Crippen molar-refractivity contribution in [2.45, 2.75) is 19.5 Å². The van der Waals surface area contributed by atoms with Crippen LogP contribution in [0.4, 0.5) is 0 Å². The van der Waals surface area contributed by atoms with Crippen molar-refractivity contribution < 1.29 is 72.0 Å². The van der Waals surface area contributed by atoms with E-state index in [2.05, 4.69) is 19.4 Å². The highest BCUT2D eigenvalue weighted by Crippen LogP contribution is 2.23. The number of aromatic nitrogens is 2. The minimum atomic E-state index is -0.390. The molecule has 4 heterocycles. The van der Waals surface area contributed by atoms with Gasteiger partial charge in [-0.3, -0.25) is 19.2 Å². The number of amides is 4. The summed E-state index contributed by atoms with van der Waals surface area (Å²) in [6.07, 6.45) is 11.7. The molecular formula is C33H28Br2N6O6. The molecule has 2 aliphatic rings. The molecule has 0 saturated heterocycles. The summed E-state index contributed by atoms with van der Waals surface area (Å²) in [7, 11) is 0. The van der Waals surface area contributed by atoms with Crippen LogP contribution in [0.15, 0.2) is 108 Å². The van der Waals surface area contributed by atoms with Gasteiger partial charge in [-0.25, -0.2) is 18.9 Å². The van der Waals surface area contributed by atoms with Crippen LogP contribution in [-0.4, -0.2) is 59.3 Å². The van der Waals surface area contributed by atoms with Crippen molar-refractivity contribution in [3.63, 3.8) is 0 Å². The first kappa shape index (κ1) is 34.8. The van der Waals surface area contributed by atoms with Crippen molar-refractivity contribution in [3.8, 4) is 0 Å². The van der Waals surface area contributed by atoms with Crippen LogP contribution in [0.25, 0.3) is 0 Å². The monoisotopic (exact) mass is 762 g/mol. The molecule has 12 nitrogen and oxygen atoms in total. The summed E-state index contributed by atoms with van der Waals surface area (Å²) in [4.78, 5) is 62.0. The Hall–Kier alpha value is -5.08. The number of fused-ring (bicyclic) bond motifs is 2. The summed E-state index contributed by atoms with van der Waals surface area (Å²) >= 11 is 0. The van der Waals surface area contributed by atoms with Gasteiger partial charge in [0, 0.05) is 35.4 Å². The first-order chi connectivity index (χ1) is 22.0. The number of pyridine rings is 2. The zero-order valence-corrected chi connectivity index (χ0v) is 28.0. The summed E-state index contributed by atoms with van der Waals surface area (Å²) in [6, 6.07) is 20.9. The van der Waals surface area contributed by atoms with Crippen LogP contribution in [0.3, 0.4) is 0 Å². The summed E-state index contributed by atoms with van der Waals surface area (Å²) in [6.45, 7) is 1.09. The van der Waals surface area contributed by atoms with E-state index in [1.807, 2.05) is 49.1 Å². The van der Waals surface area contributed by atoms with E-state index in [9.17, 15) is 19.2 Å². The molecule has 240 valence electrons. The van der Waals surface area contributed by atoms with Crippen LogP contribution in [0, 0.1) is 0 Å². The Morgan fingerprint density at radius 2 is 0.851 bits per heavy atom. The maximum absolute atomic E-state index is 12.4. The van der Waals surface area contributed by atoms with Crippen LogP contribution in [0.5, 0.6) is 0 Å². The number of halogens is 2. The first-order valence-corrected chi connectivity index (χ1v) is 14.2. The maximum atomic E-state index is 12.4. The summed E-state index contributed by atoms with van der Waals surface area (Å²) < 4.78 is 4.12. The number of nitrogens with zero attached hydrogens (tertiary/aromatic N) is 6. The van der Waals surface area contributed by atoms with E-state index in [1.165, 1.54) is 12.4 Å². The van der Waals surface area contributed by atoms with Crippen LogP contribution >= 0.6 is 0 Å². The van der Waals surface area contributed by atoms with E-state index in [1.54, 1.807) is 48.5 Å². The van der Waals surface area contributed by atoms with E-state index in [0.29, 0.717) is 22.3 Å². The molecule has 4 amide bonds. The van der Waals surface area contributed by atoms with Crippen LogP contribution in [-0.2, 0) is 22.8 Å². The number of hydrogen-bond donors (Lipinski definition) is 0. The standard InChI is InChI=1S/C33H28N6O6.2BrH/c40-30-26-6-1-2-7-27(26)31(41)38(30)22-44-34-20-24-10-16-36(17-11-24)14-5-15-37-18-12-25(13-19-37)21-35-45-23-39-32(42)28-8-3-4-9-29(28)33(39)43;;/h1-4,6-13,16-21H,5,14-15,22-23H2;2*1H/q+2;;/p-2/b34-20-,35-21-;;. The SMILES string of the molecule is O=C1c2ccccc2C(=O)N1CO/N=C\c1cc[n+](CCC[n+]2ccc(/C=N\OCN3C(=O)c4ccccc4C3=O)cc2)cc1.[Br-].[Br-]. The third kappa shape index (κ3) is 7.84. The minimum absolute atomic E-state index is 0. The van der Waals surface area contributed by atoms with Crippen LogP contribution < -0.4 is 43.1 Å². The van der Waals surface area contributed by atoms with Crippen LogP contribution in [0.2, 0.25) is 0 Å². The average Bonchev–Trinajstić information content (AvgIpc) is 3.46. The molecule has 14 heteroatoms. The second-order valence-electron chi connectivity index (χ2n) is 10.2. The molecule has 0 bridgehead atoms. The quantitative estimate of drug-likeness (QED) is 0.0641. The van der Waals surface area contributed by atoms with Gasteiger partial charge in [-0.2, -0.15) is 0 Å². The molecule has 47 heavy (non-hydrogen) atoms. The molecule has 0 spiro atoms. The Morgan fingerprint density at radius 1 is 0.532 bits per heavy atom. The molecule has 0 unspecified atom stereocenters. The molecule has 2 aliphatic heterocycles. The number of hydrogen-bond acceptors (Lipinski definition) is 8. The van der Waals surface area contributed by atoms with Crippen molar-refractivity contribution in [1.82, 2.24) is 9.80 Å². The van der Waals surface area contributed by atoms with Crippen molar-refractivity contribution in [2.75, 3.05) is 13.5 Å². The lowest BCUT2D eigenvalue weighted by Gasteiger charge is -2.11. The summed E-state index contributed by atoms with van der Waals surface area (Å²) in [5.74, 6) is -1.56. The molecule has 0 saturated carbocycles. The van der Waals surface area contributed by atoms with Crippen molar-refractivity contribution in [2.24, 2.45) is 10.3 Å². The fourth-order valence-corrected chi connectivity index (χ4v) is 4.93. The highest BCUT2D eigenvalue weighted by atomic mass is 79.9. The van der Waals surface area contributed by atoms with Gasteiger partial charge in [-0.05, 0) is 24.3 Å². The van der Waals surface area contributed by atoms with Crippen molar-refractivity contribution in [3.05, 3.63) is 131 Å². The Morgan fingerprint density at radius 3 is 1.17 bits per heavy atom. The lowest BCUT2D eigenvalue weighted by atomic mass is 10.1. The molecule has 0 radical (unpaired) electrons. The average molecular weight is 764 g/mol. The summed E-state index contributed by atoms with van der Waals surface area (Å²) in [5, 5.41) is 7.80. The maximum Gasteiger partial charge on any atom is 0.264 e. The third-order valence-corrected chi connectivity index (χ3v) is 7.35. The topological polar surface area (TPSA) is 126 Å². The molecule has 2 aromatic carbocycles. The lowest BCUT2D eigenvalue weighted by Crippen LogP contribution is -3.00. The van der Waals surface area contributed by atoms with E-state index >= 15 is 0 Å². The normalized spacial score (nSPS) is 13.5. The van der Waals surface area contributed by atoms with Crippen molar-refractivity contribution in [1.29, 1.82) is 0 Å².